The summed E-state index contributed by atoms with van der Waals surface area (Å²) in [6, 6.07) is 10.7. The molecule has 7 nitrogen and oxygen atoms in total. The van der Waals surface area contributed by atoms with E-state index in [0.29, 0.717) is 16.7 Å². The van der Waals surface area contributed by atoms with Gasteiger partial charge < -0.3 is 9.88 Å². The van der Waals surface area contributed by atoms with Crippen LogP contribution in [-0.4, -0.2) is 19.6 Å². The number of nitrogens with one attached hydrogen (secondary N) is 1. The molecular weight excluding hydrogens is 296 g/mol. The van der Waals surface area contributed by atoms with E-state index >= 15 is 0 Å². The Balaban J connectivity index is 1.97. The number of hydrogen-bond donors (Lipinski definition) is 1. The lowest BCUT2D eigenvalue weighted by Crippen LogP contribution is -2.37. The first kappa shape index (κ1) is 14.8. The van der Waals surface area contributed by atoms with E-state index in [1.807, 2.05) is 18.2 Å². The van der Waals surface area contributed by atoms with E-state index in [2.05, 4.69) is 5.32 Å². The molecule has 1 N–H and O–H groups in total. The average Bonchev–Trinajstić information content (AvgIpc) is 2.95. The van der Waals surface area contributed by atoms with E-state index in [-0.39, 0.29) is 18.0 Å². The minimum Gasteiger partial charge on any atom is -0.325 e. The van der Waals surface area contributed by atoms with Crippen LogP contribution in [0.1, 0.15) is 0 Å². The number of carbonyl (C=O) groups excluding carboxylic acids is 1. The highest BCUT2D eigenvalue weighted by Gasteiger charge is 2.14. The average molecular weight is 312 g/mol. The van der Waals surface area contributed by atoms with Crippen molar-refractivity contribution < 1.29 is 4.79 Å². The lowest BCUT2D eigenvalue weighted by atomic mass is 10.3. The first-order valence-electron chi connectivity index (χ1n) is 7.09. The zero-order valence-electron chi connectivity index (χ0n) is 12.8. The predicted molar refractivity (Wildman–Crippen MR) is 87.5 cm³/mol. The van der Waals surface area contributed by atoms with Crippen LogP contribution in [-0.2, 0) is 25.4 Å². The first-order chi connectivity index (χ1) is 11.0. The molecule has 0 radical (unpaired) electrons. The van der Waals surface area contributed by atoms with Crippen molar-refractivity contribution in [3.8, 4) is 0 Å². The van der Waals surface area contributed by atoms with Gasteiger partial charge in [0.1, 0.15) is 12.2 Å². The molecule has 0 atom stereocenters. The molecule has 0 unspecified atom stereocenters. The minimum atomic E-state index is -0.425. The molecule has 2 heterocycles. The molecule has 0 saturated carbocycles. The molecule has 2 aromatic heterocycles. The number of para-hydroxylation sites is 1. The molecule has 0 saturated heterocycles. The summed E-state index contributed by atoms with van der Waals surface area (Å²) in [5.41, 5.74) is 0.330. The molecule has 0 spiro atoms. The fourth-order valence-electron chi connectivity index (χ4n) is 2.59. The van der Waals surface area contributed by atoms with Gasteiger partial charge in [-0.1, -0.05) is 18.2 Å². The zero-order chi connectivity index (χ0) is 16.6. The van der Waals surface area contributed by atoms with Crippen molar-refractivity contribution in [2.24, 2.45) is 14.1 Å². The number of hydrogen-bond acceptors (Lipinski definition) is 3. The molecular formula is C16H16N4O3. The van der Waals surface area contributed by atoms with Gasteiger partial charge in [0.2, 0.25) is 5.91 Å². The number of anilines is 1. The number of nitrogens with zero attached hydrogens (tertiary/aromatic N) is 3. The summed E-state index contributed by atoms with van der Waals surface area (Å²) >= 11 is 0. The van der Waals surface area contributed by atoms with Crippen LogP contribution < -0.4 is 16.6 Å². The van der Waals surface area contributed by atoms with Gasteiger partial charge in [-0.3, -0.25) is 18.7 Å². The number of carbonyl (C=O) groups is 1. The van der Waals surface area contributed by atoms with E-state index in [0.717, 1.165) is 4.57 Å². The highest BCUT2D eigenvalue weighted by Crippen LogP contribution is 2.10. The number of amides is 1. The topological polar surface area (TPSA) is 78.0 Å². The van der Waals surface area contributed by atoms with Gasteiger partial charge in [0, 0.05) is 26.0 Å². The fraction of sp³-hybridized carbons (Fsp3) is 0.188. The van der Waals surface area contributed by atoms with Crippen LogP contribution in [0.2, 0.25) is 0 Å². The Labute approximate surface area is 131 Å². The van der Waals surface area contributed by atoms with Crippen LogP contribution in [0.15, 0.2) is 52.2 Å². The Morgan fingerprint density at radius 2 is 1.74 bits per heavy atom. The van der Waals surface area contributed by atoms with Gasteiger partial charge in [-0.25, -0.2) is 4.79 Å². The summed E-state index contributed by atoms with van der Waals surface area (Å²) in [6.07, 6.45) is 1.63. The predicted octanol–water partition coefficient (Wildman–Crippen LogP) is 0.677. The van der Waals surface area contributed by atoms with Gasteiger partial charge >= 0.3 is 5.69 Å². The van der Waals surface area contributed by atoms with Gasteiger partial charge in [0.05, 0.1) is 5.39 Å². The lowest BCUT2D eigenvalue weighted by molar-refractivity contribution is -0.116. The van der Waals surface area contributed by atoms with E-state index in [9.17, 15) is 14.4 Å². The summed E-state index contributed by atoms with van der Waals surface area (Å²) in [5, 5.41) is 3.18. The largest absolute Gasteiger partial charge is 0.332 e. The van der Waals surface area contributed by atoms with Gasteiger partial charge in [0.25, 0.3) is 5.56 Å². The van der Waals surface area contributed by atoms with Crippen molar-refractivity contribution in [1.29, 1.82) is 0 Å². The lowest BCUT2D eigenvalue weighted by Gasteiger charge is -2.10. The van der Waals surface area contributed by atoms with Crippen LogP contribution in [0.25, 0.3) is 11.0 Å². The standard InChI is InChI=1S/C16H16N4O3/c1-18-14-12(15(22)19(2)16(18)23)8-9-20(14)10-13(21)17-11-6-4-3-5-7-11/h3-9H,10H2,1-2H3,(H,17,21). The summed E-state index contributed by atoms with van der Waals surface area (Å²) in [5.74, 6) is -0.234. The van der Waals surface area contributed by atoms with Crippen molar-refractivity contribution in [2.45, 2.75) is 6.54 Å². The maximum atomic E-state index is 12.2. The van der Waals surface area contributed by atoms with Crippen LogP contribution in [0.4, 0.5) is 5.69 Å². The Bertz CT molecular complexity index is 996. The second kappa shape index (κ2) is 5.60. The third kappa shape index (κ3) is 2.57. The number of fused-ring (bicyclic) bond motifs is 1. The quantitative estimate of drug-likeness (QED) is 0.772. The molecule has 3 aromatic rings. The molecule has 0 aliphatic heterocycles. The van der Waals surface area contributed by atoms with Crippen molar-refractivity contribution in [2.75, 3.05) is 5.32 Å². The summed E-state index contributed by atoms with van der Waals surface area (Å²) in [7, 11) is 3.01. The third-order valence-corrected chi connectivity index (χ3v) is 3.73. The maximum Gasteiger partial charge on any atom is 0.332 e. The normalized spacial score (nSPS) is 10.9. The van der Waals surface area contributed by atoms with Crippen molar-refractivity contribution in [3.63, 3.8) is 0 Å². The fourth-order valence-corrected chi connectivity index (χ4v) is 2.59. The smallest absolute Gasteiger partial charge is 0.325 e. The number of aryl methyl sites for hydroxylation is 1. The second-order valence-corrected chi connectivity index (χ2v) is 5.30. The maximum absolute atomic E-state index is 12.2. The Kier molecular flexibility index (Phi) is 3.61. The monoisotopic (exact) mass is 312 g/mol. The first-order valence-corrected chi connectivity index (χ1v) is 7.09. The van der Waals surface area contributed by atoms with Gasteiger partial charge in [-0.05, 0) is 18.2 Å². The van der Waals surface area contributed by atoms with E-state index in [1.165, 1.54) is 11.6 Å². The molecule has 0 aliphatic rings. The number of aromatic nitrogens is 3. The summed E-state index contributed by atoms with van der Waals surface area (Å²) in [6.45, 7) is 0.0127. The van der Waals surface area contributed by atoms with Gasteiger partial charge in [-0.15, -0.1) is 0 Å². The highest BCUT2D eigenvalue weighted by atomic mass is 16.2. The molecule has 1 aromatic carbocycles. The van der Waals surface area contributed by atoms with E-state index in [4.69, 9.17) is 0 Å². The molecule has 3 rings (SSSR count). The molecule has 0 bridgehead atoms. The molecule has 7 heteroatoms. The molecule has 0 fully saturated rings. The zero-order valence-corrected chi connectivity index (χ0v) is 12.8. The van der Waals surface area contributed by atoms with Gasteiger partial charge in [0.15, 0.2) is 0 Å². The molecule has 23 heavy (non-hydrogen) atoms. The number of rotatable bonds is 3. The minimum absolute atomic E-state index is 0.0127. The van der Waals surface area contributed by atoms with E-state index < -0.39 is 5.69 Å². The SMILES string of the molecule is Cn1c(=O)c2ccn(CC(=O)Nc3ccccc3)c2n(C)c1=O. The third-order valence-electron chi connectivity index (χ3n) is 3.73. The summed E-state index contributed by atoms with van der Waals surface area (Å²) < 4.78 is 4.01. The second-order valence-electron chi connectivity index (χ2n) is 5.30. The Morgan fingerprint density at radius 1 is 1.04 bits per heavy atom. The van der Waals surface area contributed by atoms with Gasteiger partial charge in [-0.2, -0.15) is 0 Å². The molecule has 1 amide bonds. The Morgan fingerprint density at radius 3 is 2.43 bits per heavy atom. The van der Waals surface area contributed by atoms with Crippen LogP contribution >= 0.6 is 0 Å². The Hall–Kier alpha value is -3.09. The van der Waals surface area contributed by atoms with Crippen molar-refractivity contribution >= 4 is 22.6 Å². The van der Waals surface area contributed by atoms with Crippen molar-refractivity contribution in [3.05, 3.63) is 63.4 Å². The number of benzene rings is 1. The molecule has 0 aliphatic carbocycles. The van der Waals surface area contributed by atoms with Crippen molar-refractivity contribution in [1.82, 2.24) is 13.7 Å². The van der Waals surface area contributed by atoms with Crippen LogP contribution in [0, 0.1) is 0 Å². The van der Waals surface area contributed by atoms with E-state index in [1.54, 1.807) is 36.0 Å². The highest BCUT2D eigenvalue weighted by molar-refractivity contribution is 5.91. The van der Waals surface area contributed by atoms with Crippen LogP contribution in [0.3, 0.4) is 0 Å². The summed E-state index contributed by atoms with van der Waals surface area (Å²) in [4.78, 5) is 36.3. The van der Waals surface area contributed by atoms with Crippen LogP contribution in [0.5, 0.6) is 0 Å². The molecule has 118 valence electrons.